The van der Waals surface area contributed by atoms with Gasteiger partial charge in [-0.25, -0.2) is 74.8 Å². The minimum atomic E-state index is -3.97. The van der Waals surface area contributed by atoms with Crippen molar-refractivity contribution in [1.82, 2.24) is 45.2 Å². The minimum Gasteiger partial charge on any atom is -0.444 e. The number of ether oxygens (including phenoxy) is 8. The van der Waals surface area contributed by atoms with Crippen LogP contribution < -0.4 is 35.9 Å². The number of hydrogen-bond donors (Lipinski definition) is 9. The first-order chi connectivity index (χ1) is 59.0. The number of nitrogens with zero attached hydrogens (tertiary/aromatic N) is 9. The first kappa shape index (κ1) is 113. The van der Waals surface area contributed by atoms with E-state index in [0.717, 1.165) is 122 Å². The van der Waals surface area contributed by atoms with Gasteiger partial charge in [-0.3, -0.25) is 0 Å². The molecule has 0 aliphatic carbocycles. The van der Waals surface area contributed by atoms with Gasteiger partial charge in [0.15, 0.2) is 26.7 Å². The third-order valence-electron chi connectivity index (χ3n) is 22.1. The Morgan fingerprint density at radius 1 is 0.473 bits per heavy atom. The number of halogens is 1. The van der Waals surface area contributed by atoms with Gasteiger partial charge >= 0.3 is 24.4 Å². The number of sulfonamides is 3. The number of hydrogen-bond acceptors (Lipinski definition) is 29. The maximum Gasteiger partial charge on any atom is 0.410 e. The Bertz CT molecular complexity index is 4410. The molecule has 9 heterocycles. The molecule has 3 aromatic rings. The van der Waals surface area contributed by atoms with Crippen LogP contribution in [0.2, 0.25) is 0 Å². The number of aliphatic hydroxyl groups excluding tert-OH is 4. The molecule has 0 saturated carbocycles. The molecule has 3 aromatic heterocycles. The molecule has 6 aliphatic rings. The van der Waals surface area contributed by atoms with Crippen molar-refractivity contribution in [1.29, 1.82) is 0 Å². The van der Waals surface area contributed by atoms with Gasteiger partial charge in [0.1, 0.15) is 40.1 Å². The Labute approximate surface area is 767 Å². The van der Waals surface area contributed by atoms with Gasteiger partial charge in [-0.15, -0.1) is 0 Å². The molecule has 0 spiro atoms. The molecule has 740 valence electrons. The van der Waals surface area contributed by atoms with Crippen molar-refractivity contribution in [3.63, 3.8) is 0 Å². The fraction of sp³-hybridized carbons (Fsp3) is 0.787. The molecule has 6 saturated heterocycles. The van der Waals surface area contributed by atoms with Crippen LogP contribution >= 0.6 is 0 Å². The van der Waals surface area contributed by atoms with Crippen molar-refractivity contribution in [2.24, 2.45) is 39.1 Å². The van der Waals surface area contributed by atoms with Gasteiger partial charge in [0.25, 0.3) is 30.1 Å². The molecule has 129 heavy (non-hydrogen) atoms. The molecule has 4 amide bonds. The Hall–Kier alpha value is -6.61. The second kappa shape index (κ2) is 47.0. The smallest absolute Gasteiger partial charge is 0.410 e. The third-order valence-corrected chi connectivity index (χ3v) is 24.5. The zero-order chi connectivity index (χ0) is 97.7. The van der Waals surface area contributed by atoms with Crippen LogP contribution in [-0.2, 0) is 68.0 Å². The molecule has 4 unspecified atom stereocenters. The Morgan fingerprint density at radius 3 is 1.09 bits per heavy atom. The van der Waals surface area contributed by atoms with Gasteiger partial charge in [-0.05, 0) is 316 Å². The van der Waals surface area contributed by atoms with E-state index in [0.29, 0.717) is 81.9 Å². The lowest BCUT2D eigenvalue weighted by atomic mass is 9.93. The van der Waals surface area contributed by atoms with Crippen molar-refractivity contribution < 1.29 is 107 Å². The standard InChI is InChI=1S/C25H42N4O6S.C22H38N4O6S.C20H38N2O4.C17H34N2O4.C5H5FN2O2S/c1-23(2,3)35-22(30)29-15-18(14-24(29,4)5)10-9-13-28(16-19-17-33-25(6,7)34-19)20-11-8-12-21(27-20)36(26,31)32;1-21(2,3)32-20(29)26-13-16(12-22(26,4)5)8-7-11-25(14-17(28)15-27)18-9-6-10-19(24-18)33(23,30)31;1-18(2,3)26-17(23)22-13-15(11-19(22,4)5)9-8-10-21-12-16-14-24-20(6,7)25-16;1-16(2,3)23-15(22)19-11-13(9-17(19,4)5)7-6-8-18-10-14(21)12-20;6-4-2-1-3-5(8-4)11(7,9)10/h8,11-12,18-19H,9-10,13-17H2,1-7H3,(H2,26,31,32);6,9-10,16-17,27-28H,7-8,11-15H2,1-5H3,(H2,23,30,31);15-16,21H,8-14H2,1-7H3;13-14,18,20-21H,6-12H2,1-5H3;1-3H,(H2,7,9,10)/t18-,19?;16-,17?;15-,16?;13-,14?;/m0000./s1. The average molecular weight is 1890 g/mol. The number of amides is 4. The normalized spacial score (nSPS) is 22.1. The van der Waals surface area contributed by atoms with Gasteiger partial charge in [0, 0.05) is 87.6 Å². The largest absolute Gasteiger partial charge is 0.444 e. The number of aromatic nitrogens is 3. The van der Waals surface area contributed by atoms with Crippen molar-refractivity contribution in [3.05, 3.63) is 60.5 Å². The molecule has 9 rings (SSSR count). The summed E-state index contributed by atoms with van der Waals surface area (Å²) in [7, 11) is -11.8. The predicted molar refractivity (Wildman–Crippen MR) is 490 cm³/mol. The van der Waals surface area contributed by atoms with E-state index in [1.807, 2.05) is 144 Å². The highest BCUT2D eigenvalue weighted by Crippen LogP contribution is 2.41. The predicted octanol–water partition coefficient (Wildman–Crippen LogP) is 10.4. The van der Waals surface area contributed by atoms with Crippen molar-refractivity contribution in [3.8, 4) is 0 Å². The second-order valence-corrected chi connectivity index (χ2v) is 46.5. The van der Waals surface area contributed by atoms with E-state index in [1.54, 1.807) is 34.1 Å². The fourth-order valence-corrected chi connectivity index (χ4v) is 18.0. The number of carbonyl (C=O) groups excluding carboxylic acids is 4. The van der Waals surface area contributed by atoms with E-state index in [4.69, 9.17) is 53.3 Å². The zero-order valence-corrected chi connectivity index (χ0v) is 83.6. The summed E-state index contributed by atoms with van der Waals surface area (Å²) in [5.41, 5.74) is -2.92. The summed E-state index contributed by atoms with van der Waals surface area (Å²) in [6, 6.07) is 12.7. The monoisotopic (exact) mass is 1890 g/mol. The van der Waals surface area contributed by atoms with Gasteiger partial charge in [-0.2, -0.15) is 4.39 Å². The molecule has 40 heteroatoms. The Morgan fingerprint density at radius 2 is 0.783 bits per heavy atom. The quantitative estimate of drug-likeness (QED) is 0.0164. The number of carbonyl (C=O) groups is 4. The van der Waals surface area contributed by atoms with Crippen LogP contribution in [0.1, 0.15) is 243 Å². The number of nitrogens with one attached hydrogen (secondary N) is 2. The molecule has 0 radical (unpaired) electrons. The molecular formula is C89H157FN14O22S3. The Kier molecular flexibility index (Phi) is 41.2. The van der Waals surface area contributed by atoms with Crippen LogP contribution in [0.4, 0.5) is 35.2 Å². The summed E-state index contributed by atoms with van der Waals surface area (Å²) in [6.45, 7) is 54.8. The lowest BCUT2D eigenvalue weighted by molar-refractivity contribution is -0.138. The minimum absolute atomic E-state index is 0.0950. The van der Waals surface area contributed by atoms with E-state index < -0.39 is 93.8 Å². The van der Waals surface area contributed by atoms with E-state index in [1.165, 1.54) is 18.2 Å². The fourth-order valence-electron chi connectivity index (χ4n) is 16.5. The van der Waals surface area contributed by atoms with Crippen LogP contribution in [0.3, 0.4) is 0 Å². The lowest BCUT2D eigenvalue weighted by Gasteiger charge is -2.33. The summed E-state index contributed by atoms with van der Waals surface area (Å²) in [5, 5.41) is 58.1. The maximum atomic E-state index is 12.8. The zero-order valence-electron chi connectivity index (χ0n) is 81.1. The first-order valence-electron chi connectivity index (χ1n) is 44.8. The molecule has 12 N–H and O–H groups in total. The topological polar surface area (TPSA) is 486 Å². The number of aliphatic hydroxyl groups is 4. The van der Waals surface area contributed by atoms with E-state index in [-0.39, 0.29) is 87.9 Å². The number of likely N-dealkylation sites (tertiary alicyclic amines) is 4. The lowest BCUT2D eigenvalue weighted by Crippen LogP contribution is -2.45. The van der Waals surface area contributed by atoms with E-state index in [2.05, 4.69) is 72.3 Å². The third kappa shape index (κ3) is 40.2. The van der Waals surface area contributed by atoms with Crippen molar-refractivity contribution in [2.45, 2.75) is 339 Å². The molecule has 6 fully saturated rings. The highest BCUT2D eigenvalue weighted by molar-refractivity contribution is 7.89. The summed E-state index contributed by atoms with van der Waals surface area (Å²) in [4.78, 5) is 72.8. The summed E-state index contributed by atoms with van der Waals surface area (Å²) < 4.78 is 126. The molecule has 0 aromatic carbocycles. The molecule has 0 bridgehead atoms. The van der Waals surface area contributed by atoms with E-state index >= 15 is 0 Å². The molecule has 6 aliphatic heterocycles. The number of pyridine rings is 3. The first-order valence-corrected chi connectivity index (χ1v) is 49.4. The number of nitrogens with two attached hydrogens (primary N) is 3. The summed E-state index contributed by atoms with van der Waals surface area (Å²) >= 11 is 0. The van der Waals surface area contributed by atoms with Crippen LogP contribution in [0.5, 0.6) is 0 Å². The highest BCUT2D eigenvalue weighted by Gasteiger charge is 2.47. The highest BCUT2D eigenvalue weighted by atomic mass is 32.2. The van der Waals surface area contributed by atoms with E-state index in [9.17, 15) is 64.1 Å². The second-order valence-electron chi connectivity index (χ2n) is 41.9. The molecular weight excluding hydrogens is 1730 g/mol. The average Bonchev–Trinajstić information content (AvgIpc) is 1.67. The van der Waals surface area contributed by atoms with Crippen molar-refractivity contribution in [2.75, 3.05) is 115 Å². The summed E-state index contributed by atoms with van der Waals surface area (Å²) in [6.07, 6.45) is 8.51. The maximum absolute atomic E-state index is 12.8. The number of primary sulfonamides is 3. The van der Waals surface area contributed by atoms with Crippen LogP contribution in [0.25, 0.3) is 0 Å². The van der Waals surface area contributed by atoms with Gasteiger partial charge in [-0.1, -0.05) is 18.2 Å². The van der Waals surface area contributed by atoms with Gasteiger partial charge in [0.05, 0.1) is 44.7 Å². The molecule has 8 atom stereocenters. The SMILES string of the molecule is CC(C)(C)OC(=O)N1C[C@@H](CCCN(CC(O)CO)c2cccc(S(N)(=O)=O)n2)CC1(C)C.CC(C)(C)OC(=O)N1C[C@@H](CCCN(CC2COC(C)(C)O2)c2cccc(S(N)(=O)=O)n2)CC1(C)C.CC(C)(C)OC(=O)N1C[C@@H](CCCNCC(O)CO)CC1(C)C.CC(C)(C)OC(=O)N1C[C@@H](CCCNCC2COC(C)(C)O2)CC1(C)C.NS(=O)(=O)c1cccc(F)n1. The van der Waals surface area contributed by atoms with Gasteiger partial charge in [0.2, 0.25) is 5.95 Å². The number of anilines is 2. The van der Waals surface area contributed by atoms with Crippen LogP contribution in [0, 0.1) is 29.6 Å². The van der Waals surface area contributed by atoms with Crippen LogP contribution in [0.15, 0.2) is 69.7 Å². The number of rotatable bonds is 31. The molecule has 36 nitrogen and oxygen atoms in total. The van der Waals surface area contributed by atoms with Gasteiger partial charge < -0.3 is 98.4 Å². The van der Waals surface area contributed by atoms with Crippen molar-refractivity contribution >= 4 is 66.1 Å². The van der Waals surface area contributed by atoms with Crippen LogP contribution in [-0.4, -0.2) is 290 Å². The summed E-state index contributed by atoms with van der Waals surface area (Å²) in [5.74, 6) is 0.527. The Balaban J connectivity index is 0.000000296.